The predicted molar refractivity (Wildman–Crippen MR) is 59.2 cm³/mol. The molecule has 0 aromatic rings. The van der Waals surface area contributed by atoms with Crippen molar-refractivity contribution in [3.63, 3.8) is 0 Å². The van der Waals surface area contributed by atoms with Crippen molar-refractivity contribution in [3.8, 4) is 0 Å². The summed E-state index contributed by atoms with van der Waals surface area (Å²) in [7, 11) is 0. The number of rotatable bonds is 8. The van der Waals surface area contributed by atoms with Crippen LogP contribution in [0.25, 0.3) is 0 Å². The van der Waals surface area contributed by atoms with Gasteiger partial charge in [0.25, 0.3) is 0 Å². The average molecular weight is 203 g/mol. The molecule has 0 saturated carbocycles. The highest BCUT2D eigenvalue weighted by atomic mass is 16.5. The van der Waals surface area contributed by atoms with Crippen molar-refractivity contribution in [2.45, 2.75) is 45.6 Å². The number of ether oxygens (including phenoxy) is 1. The van der Waals surface area contributed by atoms with Crippen LogP contribution in [0.2, 0.25) is 0 Å². The van der Waals surface area contributed by atoms with Gasteiger partial charge in [0, 0.05) is 19.8 Å². The zero-order chi connectivity index (χ0) is 11.0. The van der Waals surface area contributed by atoms with Crippen LogP contribution < -0.4 is 5.73 Å². The van der Waals surface area contributed by atoms with Crippen LogP contribution in [0.15, 0.2) is 0 Å². The average Bonchev–Trinajstić information content (AvgIpc) is 2.10. The third-order valence-electron chi connectivity index (χ3n) is 2.14. The highest BCUT2D eigenvalue weighted by molar-refractivity contribution is 4.72. The molecule has 0 aliphatic heterocycles. The fraction of sp³-hybridized carbons (Fsp3) is 1.00. The molecule has 0 aliphatic rings. The summed E-state index contributed by atoms with van der Waals surface area (Å²) in [6.45, 7) is 8.01. The highest BCUT2D eigenvalue weighted by Gasteiger charge is 2.16. The fourth-order valence-electron chi connectivity index (χ4n) is 1.13. The third-order valence-corrected chi connectivity index (χ3v) is 2.14. The molecule has 3 heteroatoms. The Morgan fingerprint density at radius 3 is 2.50 bits per heavy atom. The van der Waals surface area contributed by atoms with Crippen LogP contribution in [0.5, 0.6) is 0 Å². The van der Waals surface area contributed by atoms with E-state index in [1.165, 1.54) is 0 Å². The van der Waals surface area contributed by atoms with E-state index in [1.54, 1.807) is 6.92 Å². The molecule has 14 heavy (non-hydrogen) atoms. The van der Waals surface area contributed by atoms with Gasteiger partial charge in [0.05, 0.1) is 5.60 Å². The minimum absolute atomic E-state index is 0.333. The summed E-state index contributed by atoms with van der Waals surface area (Å²) in [5, 5.41) is 9.60. The van der Waals surface area contributed by atoms with E-state index in [1.807, 2.05) is 0 Å². The summed E-state index contributed by atoms with van der Waals surface area (Å²) in [6, 6.07) is 0. The number of aliphatic hydroxyl groups is 1. The van der Waals surface area contributed by atoms with Gasteiger partial charge in [-0.3, -0.25) is 0 Å². The van der Waals surface area contributed by atoms with E-state index in [0.717, 1.165) is 32.5 Å². The Hall–Kier alpha value is -0.120. The van der Waals surface area contributed by atoms with E-state index in [0.29, 0.717) is 12.5 Å². The first-order valence-corrected chi connectivity index (χ1v) is 5.48. The van der Waals surface area contributed by atoms with Gasteiger partial charge in [-0.15, -0.1) is 0 Å². The summed E-state index contributed by atoms with van der Waals surface area (Å²) in [5.74, 6) is 0.599. The Kier molecular flexibility index (Phi) is 7.15. The summed E-state index contributed by atoms with van der Waals surface area (Å²) in [4.78, 5) is 0. The number of hydrogen-bond acceptors (Lipinski definition) is 3. The van der Waals surface area contributed by atoms with Gasteiger partial charge in [-0.25, -0.2) is 0 Å². The van der Waals surface area contributed by atoms with E-state index >= 15 is 0 Å². The lowest BCUT2D eigenvalue weighted by atomic mass is 10.00. The zero-order valence-corrected chi connectivity index (χ0v) is 9.75. The zero-order valence-electron chi connectivity index (χ0n) is 9.75. The minimum Gasteiger partial charge on any atom is -0.389 e. The number of hydrogen-bond donors (Lipinski definition) is 2. The molecule has 86 valence electrons. The van der Waals surface area contributed by atoms with E-state index in [-0.39, 0.29) is 0 Å². The first-order chi connectivity index (χ1) is 6.48. The van der Waals surface area contributed by atoms with Crippen molar-refractivity contribution in [1.29, 1.82) is 0 Å². The van der Waals surface area contributed by atoms with Crippen LogP contribution >= 0.6 is 0 Å². The van der Waals surface area contributed by atoms with Crippen LogP contribution in [0, 0.1) is 5.92 Å². The van der Waals surface area contributed by atoms with Crippen molar-refractivity contribution in [3.05, 3.63) is 0 Å². The molecule has 0 bridgehead atoms. The molecule has 0 aromatic heterocycles. The summed E-state index contributed by atoms with van der Waals surface area (Å²) in [6.07, 6.45) is 2.74. The van der Waals surface area contributed by atoms with Gasteiger partial charge < -0.3 is 15.6 Å². The third kappa shape index (κ3) is 8.48. The predicted octanol–water partition coefficient (Wildman–Crippen LogP) is 1.54. The molecular formula is C11H25NO2. The second kappa shape index (κ2) is 7.21. The topological polar surface area (TPSA) is 55.5 Å². The highest BCUT2D eigenvalue weighted by Crippen LogP contribution is 2.11. The molecule has 0 aromatic carbocycles. The second-order valence-electron chi connectivity index (χ2n) is 4.63. The smallest absolute Gasteiger partial charge is 0.0741 e. The van der Waals surface area contributed by atoms with Gasteiger partial charge in [-0.2, -0.15) is 0 Å². The van der Waals surface area contributed by atoms with Crippen molar-refractivity contribution in [2.24, 2.45) is 11.7 Å². The Morgan fingerprint density at radius 1 is 1.36 bits per heavy atom. The summed E-state index contributed by atoms with van der Waals surface area (Å²) < 4.78 is 5.43. The van der Waals surface area contributed by atoms with Crippen LogP contribution in [0.3, 0.4) is 0 Å². The lowest BCUT2D eigenvalue weighted by molar-refractivity contribution is 0.0513. The summed E-state index contributed by atoms with van der Waals surface area (Å²) >= 11 is 0. The monoisotopic (exact) mass is 203 g/mol. The molecule has 0 saturated heterocycles. The van der Waals surface area contributed by atoms with Gasteiger partial charge >= 0.3 is 0 Å². The Bertz CT molecular complexity index is 135. The molecule has 3 nitrogen and oxygen atoms in total. The largest absolute Gasteiger partial charge is 0.389 e. The molecule has 0 heterocycles. The van der Waals surface area contributed by atoms with Crippen LogP contribution in [-0.4, -0.2) is 30.5 Å². The molecule has 0 rings (SSSR count). The van der Waals surface area contributed by atoms with Gasteiger partial charge in [0.2, 0.25) is 0 Å². The molecule has 3 N–H and O–H groups in total. The van der Waals surface area contributed by atoms with E-state index in [4.69, 9.17) is 10.5 Å². The van der Waals surface area contributed by atoms with Crippen LogP contribution in [0.4, 0.5) is 0 Å². The first kappa shape index (κ1) is 13.9. The molecule has 0 aliphatic carbocycles. The van der Waals surface area contributed by atoms with E-state index in [2.05, 4.69) is 13.8 Å². The normalized spacial score (nSPS) is 15.9. The van der Waals surface area contributed by atoms with Crippen LogP contribution in [-0.2, 0) is 4.74 Å². The molecular weight excluding hydrogens is 178 g/mol. The maximum atomic E-state index is 9.60. The molecule has 0 amide bonds. The van der Waals surface area contributed by atoms with Crippen molar-refractivity contribution < 1.29 is 9.84 Å². The summed E-state index contributed by atoms with van der Waals surface area (Å²) in [5.41, 5.74) is 4.71. The standard InChI is InChI=1S/C11H25NO2/c1-10(2)8-14-7-5-4-6-11(3,13)9-12/h10,13H,4-9,12H2,1-3H3. The van der Waals surface area contributed by atoms with Gasteiger partial charge in [-0.05, 0) is 32.1 Å². The fourth-order valence-corrected chi connectivity index (χ4v) is 1.13. The molecule has 1 unspecified atom stereocenters. The molecule has 0 spiro atoms. The molecule has 0 fully saturated rings. The van der Waals surface area contributed by atoms with Gasteiger partial charge in [0.15, 0.2) is 0 Å². The van der Waals surface area contributed by atoms with E-state index in [9.17, 15) is 5.11 Å². The van der Waals surface area contributed by atoms with Gasteiger partial charge in [0.1, 0.15) is 0 Å². The second-order valence-corrected chi connectivity index (χ2v) is 4.63. The van der Waals surface area contributed by atoms with Crippen molar-refractivity contribution >= 4 is 0 Å². The molecule has 1 atom stereocenters. The maximum Gasteiger partial charge on any atom is 0.0741 e. The Balaban J connectivity index is 3.21. The maximum absolute atomic E-state index is 9.60. The lowest BCUT2D eigenvalue weighted by Gasteiger charge is -2.20. The Morgan fingerprint density at radius 2 is 2.00 bits per heavy atom. The number of unbranched alkanes of at least 4 members (excludes halogenated alkanes) is 1. The quantitative estimate of drug-likeness (QED) is 0.588. The lowest BCUT2D eigenvalue weighted by Crippen LogP contribution is -2.33. The Labute approximate surface area is 87.6 Å². The van der Waals surface area contributed by atoms with Crippen LogP contribution in [0.1, 0.15) is 40.0 Å². The first-order valence-electron chi connectivity index (χ1n) is 5.48. The van der Waals surface area contributed by atoms with Gasteiger partial charge in [-0.1, -0.05) is 13.8 Å². The molecule has 0 radical (unpaired) electrons. The van der Waals surface area contributed by atoms with Crippen molar-refractivity contribution in [2.75, 3.05) is 19.8 Å². The number of nitrogens with two attached hydrogens (primary N) is 1. The minimum atomic E-state index is -0.696. The van der Waals surface area contributed by atoms with E-state index < -0.39 is 5.60 Å². The van der Waals surface area contributed by atoms with Crippen molar-refractivity contribution in [1.82, 2.24) is 0 Å². The SMILES string of the molecule is CC(C)COCCCCC(C)(O)CN.